The highest BCUT2D eigenvalue weighted by Crippen LogP contribution is 2.15. The molecule has 7 nitrogen and oxygen atoms in total. The van der Waals surface area contributed by atoms with Crippen molar-refractivity contribution in [3.05, 3.63) is 70.3 Å². The lowest BCUT2D eigenvalue weighted by Crippen LogP contribution is -2.35. The van der Waals surface area contributed by atoms with Crippen LogP contribution in [0.4, 0.5) is 11.4 Å². The molecule has 0 aliphatic heterocycles. The third-order valence-corrected chi connectivity index (χ3v) is 4.07. The van der Waals surface area contributed by atoms with Gasteiger partial charge in [0.25, 0.3) is 11.6 Å². The van der Waals surface area contributed by atoms with Crippen molar-refractivity contribution in [2.75, 3.05) is 18.0 Å². The van der Waals surface area contributed by atoms with Gasteiger partial charge in [-0.1, -0.05) is 31.5 Å². The lowest BCUT2D eigenvalue weighted by molar-refractivity contribution is -0.384. The topological polar surface area (TPSA) is 92.6 Å². The average molecular weight is 369 g/mol. The monoisotopic (exact) mass is 369 g/mol. The highest BCUT2D eigenvalue weighted by atomic mass is 16.6. The molecule has 0 aromatic heterocycles. The van der Waals surface area contributed by atoms with Gasteiger partial charge < -0.3 is 10.2 Å². The van der Waals surface area contributed by atoms with E-state index in [4.69, 9.17) is 0 Å². The molecule has 27 heavy (non-hydrogen) atoms. The van der Waals surface area contributed by atoms with Crippen LogP contribution in [0.25, 0.3) is 0 Å². The molecule has 1 N–H and O–H groups in total. The smallest absolute Gasteiger partial charge is 0.269 e. The Morgan fingerprint density at radius 3 is 2.33 bits per heavy atom. The van der Waals surface area contributed by atoms with Crippen LogP contribution < -0.4 is 10.2 Å². The quantitative estimate of drug-likeness (QED) is 0.540. The Labute approximate surface area is 158 Å². The van der Waals surface area contributed by atoms with Crippen LogP contribution in [-0.2, 0) is 4.79 Å². The molecule has 2 aromatic rings. The van der Waals surface area contributed by atoms with Crippen LogP contribution >= 0.6 is 0 Å². The van der Waals surface area contributed by atoms with Gasteiger partial charge in [-0.15, -0.1) is 0 Å². The molecule has 7 heteroatoms. The van der Waals surface area contributed by atoms with Gasteiger partial charge in [0.1, 0.15) is 0 Å². The molecular weight excluding hydrogens is 346 g/mol. The van der Waals surface area contributed by atoms with E-state index in [2.05, 4.69) is 12.2 Å². The van der Waals surface area contributed by atoms with Crippen molar-refractivity contribution < 1.29 is 14.5 Å². The van der Waals surface area contributed by atoms with Crippen molar-refractivity contribution in [2.45, 2.75) is 26.2 Å². The summed E-state index contributed by atoms with van der Waals surface area (Å²) in [5, 5.41) is 13.3. The highest BCUT2D eigenvalue weighted by Gasteiger charge is 2.15. The largest absolute Gasteiger partial charge is 0.352 e. The lowest BCUT2D eigenvalue weighted by Gasteiger charge is -2.23. The van der Waals surface area contributed by atoms with Crippen LogP contribution in [0.2, 0.25) is 0 Å². The molecular formula is C20H23N3O4. The predicted molar refractivity (Wildman–Crippen MR) is 104 cm³/mol. The van der Waals surface area contributed by atoms with Gasteiger partial charge in [0.05, 0.1) is 4.92 Å². The van der Waals surface area contributed by atoms with E-state index in [0.29, 0.717) is 12.1 Å². The van der Waals surface area contributed by atoms with E-state index in [-0.39, 0.29) is 30.5 Å². The molecule has 0 fully saturated rings. The first-order valence-electron chi connectivity index (χ1n) is 8.91. The summed E-state index contributed by atoms with van der Waals surface area (Å²) in [5.74, 6) is -0.420. The summed E-state index contributed by atoms with van der Waals surface area (Å²) in [6.07, 6.45) is 2.06. The Bertz CT molecular complexity index is 776. The van der Waals surface area contributed by atoms with Gasteiger partial charge in [-0.3, -0.25) is 19.7 Å². The maximum atomic E-state index is 12.6. The van der Waals surface area contributed by atoms with Gasteiger partial charge in [-0.2, -0.15) is 0 Å². The number of nitro groups is 1. The average Bonchev–Trinajstić information content (AvgIpc) is 2.69. The normalized spacial score (nSPS) is 10.3. The van der Waals surface area contributed by atoms with E-state index in [0.717, 1.165) is 18.5 Å². The Morgan fingerprint density at radius 1 is 1.07 bits per heavy atom. The van der Waals surface area contributed by atoms with Crippen molar-refractivity contribution >= 4 is 23.2 Å². The SMILES string of the molecule is CCCCN(C(=O)CCNC(=O)c1ccc([N+](=O)[O-])cc1)c1ccccc1. The molecule has 0 unspecified atom stereocenters. The maximum absolute atomic E-state index is 12.6. The first kappa shape index (κ1) is 20.1. The van der Waals surface area contributed by atoms with Gasteiger partial charge in [-0.05, 0) is 30.7 Å². The Hall–Kier alpha value is -3.22. The van der Waals surface area contributed by atoms with E-state index < -0.39 is 4.92 Å². The van der Waals surface area contributed by atoms with E-state index in [1.165, 1.54) is 24.3 Å². The standard InChI is InChI=1S/C20H23N3O4/c1-2-3-15-22(17-7-5-4-6-8-17)19(24)13-14-21-20(25)16-9-11-18(12-10-16)23(26)27/h4-12H,2-3,13-15H2,1H3,(H,21,25). The zero-order chi connectivity index (χ0) is 19.6. The molecule has 0 spiro atoms. The summed E-state index contributed by atoms with van der Waals surface area (Å²) < 4.78 is 0. The summed E-state index contributed by atoms with van der Waals surface area (Å²) >= 11 is 0. The summed E-state index contributed by atoms with van der Waals surface area (Å²) in [4.78, 5) is 36.6. The minimum atomic E-state index is -0.519. The second-order valence-electron chi connectivity index (χ2n) is 6.04. The highest BCUT2D eigenvalue weighted by molar-refractivity contribution is 5.96. The fraction of sp³-hybridized carbons (Fsp3) is 0.300. The first-order valence-corrected chi connectivity index (χ1v) is 8.91. The van der Waals surface area contributed by atoms with Crippen LogP contribution in [0.5, 0.6) is 0 Å². The fourth-order valence-electron chi connectivity index (χ4n) is 2.58. The summed E-state index contributed by atoms with van der Waals surface area (Å²) in [5.41, 5.74) is 1.09. The fourth-order valence-corrected chi connectivity index (χ4v) is 2.58. The molecule has 0 atom stereocenters. The second kappa shape index (κ2) is 10.1. The Morgan fingerprint density at radius 2 is 1.74 bits per heavy atom. The van der Waals surface area contributed by atoms with Crippen molar-refractivity contribution in [1.82, 2.24) is 5.32 Å². The minimum Gasteiger partial charge on any atom is -0.352 e. The van der Waals surface area contributed by atoms with Crippen LogP contribution in [0.3, 0.4) is 0 Å². The number of carbonyl (C=O) groups excluding carboxylic acids is 2. The number of unbranched alkanes of at least 4 members (excludes halogenated alkanes) is 1. The van der Waals surface area contributed by atoms with Crippen LogP contribution in [0.1, 0.15) is 36.5 Å². The number of nitro benzene ring substituents is 1. The number of anilines is 1. The van der Waals surface area contributed by atoms with Crippen molar-refractivity contribution in [1.29, 1.82) is 0 Å². The summed E-state index contributed by atoms with van der Waals surface area (Å²) in [7, 11) is 0. The molecule has 0 aliphatic rings. The third-order valence-electron chi connectivity index (χ3n) is 4.07. The molecule has 0 saturated carbocycles. The van der Waals surface area contributed by atoms with E-state index >= 15 is 0 Å². The second-order valence-corrected chi connectivity index (χ2v) is 6.04. The predicted octanol–water partition coefficient (Wildman–Crippen LogP) is 3.55. The molecule has 0 aliphatic carbocycles. The van der Waals surface area contributed by atoms with Gasteiger partial charge in [0.2, 0.25) is 5.91 Å². The van der Waals surface area contributed by atoms with E-state index in [1.807, 2.05) is 30.3 Å². The molecule has 0 heterocycles. The molecule has 0 saturated heterocycles. The first-order chi connectivity index (χ1) is 13.0. The number of hydrogen-bond donors (Lipinski definition) is 1. The lowest BCUT2D eigenvalue weighted by atomic mass is 10.2. The molecule has 2 aromatic carbocycles. The molecule has 0 radical (unpaired) electrons. The number of non-ortho nitro benzene ring substituents is 1. The number of hydrogen-bond acceptors (Lipinski definition) is 4. The van der Waals surface area contributed by atoms with Gasteiger partial charge in [0, 0.05) is 42.9 Å². The molecule has 2 amide bonds. The van der Waals surface area contributed by atoms with Crippen molar-refractivity contribution in [3.8, 4) is 0 Å². The van der Waals surface area contributed by atoms with Crippen molar-refractivity contribution in [2.24, 2.45) is 0 Å². The summed E-state index contributed by atoms with van der Waals surface area (Å²) in [6, 6.07) is 14.8. The summed E-state index contributed by atoms with van der Waals surface area (Å²) in [6.45, 7) is 2.90. The van der Waals surface area contributed by atoms with Crippen molar-refractivity contribution in [3.63, 3.8) is 0 Å². The maximum Gasteiger partial charge on any atom is 0.269 e. The van der Waals surface area contributed by atoms with E-state index in [1.54, 1.807) is 4.90 Å². The van der Waals surface area contributed by atoms with Gasteiger partial charge in [0.15, 0.2) is 0 Å². The zero-order valence-corrected chi connectivity index (χ0v) is 15.3. The number of carbonyl (C=O) groups is 2. The number of benzene rings is 2. The minimum absolute atomic E-state index is 0.0568. The number of nitrogens with one attached hydrogen (secondary N) is 1. The van der Waals surface area contributed by atoms with Crippen LogP contribution in [0.15, 0.2) is 54.6 Å². The number of amides is 2. The molecule has 142 valence electrons. The molecule has 0 bridgehead atoms. The number of nitrogens with zero attached hydrogens (tertiary/aromatic N) is 2. The van der Waals surface area contributed by atoms with E-state index in [9.17, 15) is 19.7 Å². The number of rotatable bonds is 9. The van der Waals surface area contributed by atoms with Crippen LogP contribution in [-0.4, -0.2) is 29.8 Å². The van der Waals surface area contributed by atoms with Gasteiger partial charge >= 0.3 is 0 Å². The Kier molecular flexibility index (Phi) is 7.49. The number of para-hydroxylation sites is 1. The zero-order valence-electron chi connectivity index (χ0n) is 15.3. The van der Waals surface area contributed by atoms with Crippen LogP contribution in [0, 0.1) is 10.1 Å². The third kappa shape index (κ3) is 5.91. The van der Waals surface area contributed by atoms with Gasteiger partial charge in [-0.25, -0.2) is 0 Å². The Balaban J connectivity index is 1.90. The molecule has 2 rings (SSSR count).